The first-order valence-corrected chi connectivity index (χ1v) is 10.1. The fourth-order valence-electron chi connectivity index (χ4n) is 3.60. The van der Waals surface area contributed by atoms with E-state index in [1.165, 1.54) is 12.1 Å². The summed E-state index contributed by atoms with van der Waals surface area (Å²) >= 11 is 0. The molecule has 1 aromatic carbocycles. The summed E-state index contributed by atoms with van der Waals surface area (Å²) in [6.07, 6.45) is 3.48. The van der Waals surface area contributed by atoms with E-state index in [9.17, 15) is 9.18 Å². The molecule has 1 aromatic heterocycles. The SMILES string of the molecule is CC(C)(C)OC(=O)/N=C1/N[C@](C)(c2cc(N)ccc2F)Cc2nc(C3CC3)ncc21. The minimum atomic E-state index is -0.900. The zero-order chi connectivity index (χ0) is 21.7. The standard InChI is InChI=1S/C22H26FN5O2/c1-21(2,3)30-20(29)27-19-14-11-25-18(12-5-6-12)26-17(14)10-22(4,28-19)15-9-13(24)7-8-16(15)23/h7-9,11-12H,5-6,10,24H2,1-4H3,(H,27,28,29)/t22-/m0/s1. The van der Waals surface area contributed by atoms with Crippen molar-refractivity contribution in [3.05, 3.63) is 52.9 Å². The van der Waals surface area contributed by atoms with Crippen molar-refractivity contribution in [1.82, 2.24) is 15.3 Å². The van der Waals surface area contributed by atoms with Gasteiger partial charge in [-0.3, -0.25) is 0 Å². The molecule has 2 aliphatic rings. The van der Waals surface area contributed by atoms with Crippen molar-refractivity contribution in [2.75, 3.05) is 5.73 Å². The van der Waals surface area contributed by atoms with Gasteiger partial charge in [-0.2, -0.15) is 4.99 Å². The lowest BCUT2D eigenvalue weighted by molar-refractivity contribution is 0.0603. The topological polar surface area (TPSA) is 102 Å². The molecule has 2 heterocycles. The molecule has 7 nitrogen and oxygen atoms in total. The number of hydrogen-bond acceptors (Lipinski definition) is 5. The number of amidine groups is 1. The Morgan fingerprint density at radius 3 is 2.77 bits per heavy atom. The van der Waals surface area contributed by atoms with Crippen LogP contribution in [-0.4, -0.2) is 27.5 Å². The minimum Gasteiger partial charge on any atom is -0.442 e. The number of rotatable bonds is 2. The van der Waals surface area contributed by atoms with Crippen LogP contribution in [0.15, 0.2) is 29.4 Å². The zero-order valence-electron chi connectivity index (χ0n) is 17.6. The van der Waals surface area contributed by atoms with Crippen LogP contribution in [-0.2, 0) is 16.7 Å². The number of ether oxygens (including phenoxy) is 1. The van der Waals surface area contributed by atoms with Crippen LogP contribution >= 0.6 is 0 Å². The largest absolute Gasteiger partial charge is 0.442 e. The number of aromatic nitrogens is 2. The van der Waals surface area contributed by atoms with Crippen molar-refractivity contribution in [3.63, 3.8) is 0 Å². The normalized spacial score (nSPS) is 22.4. The summed E-state index contributed by atoms with van der Waals surface area (Å²) in [7, 11) is 0. The maximum Gasteiger partial charge on any atom is 0.436 e. The van der Waals surface area contributed by atoms with Gasteiger partial charge in [0.05, 0.1) is 16.8 Å². The highest BCUT2D eigenvalue weighted by molar-refractivity contribution is 6.05. The van der Waals surface area contributed by atoms with Crippen molar-refractivity contribution in [2.24, 2.45) is 4.99 Å². The van der Waals surface area contributed by atoms with Gasteiger partial charge in [-0.05, 0) is 58.7 Å². The molecule has 4 rings (SSSR count). The summed E-state index contributed by atoms with van der Waals surface area (Å²) in [5.41, 5.74) is 6.51. The number of benzene rings is 1. The number of carbonyl (C=O) groups excluding carboxylic acids is 1. The summed E-state index contributed by atoms with van der Waals surface area (Å²) in [6.45, 7) is 7.15. The zero-order valence-corrected chi connectivity index (χ0v) is 17.6. The second-order valence-corrected chi connectivity index (χ2v) is 9.18. The Bertz CT molecular complexity index is 1040. The molecule has 1 aliphatic carbocycles. The van der Waals surface area contributed by atoms with Crippen molar-refractivity contribution < 1.29 is 13.9 Å². The van der Waals surface area contributed by atoms with Crippen LogP contribution in [0.5, 0.6) is 0 Å². The summed E-state index contributed by atoms with van der Waals surface area (Å²) < 4.78 is 20.1. The average Bonchev–Trinajstić information content (AvgIpc) is 3.46. The van der Waals surface area contributed by atoms with E-state index in [0.717, 1.165) is 24.4 Å². The third kappa shape index (κ3) is 4.13. The molecular formula is C22H26FN5O2. The number of nitrogens with zero attached hydrogens (tertiary/aromatic N) is 3. The molecular weight excluding hydrogens is 385 g/mol. The van der Waals surface area contributed by atoms with Gasteiger partial charge >= 0.3 is 6.09 Å². The molecule has 0 radical (unpaired) electrons. The molecule has 0 bridgehead atoms. The maximum absolute atomic E-state index is 14.7. The van der Waals surface area contributed by atoms with E-state index >= 15 is 0 Å². The van der Waals surface area contributed by atoms with Crippen LogP contribution in [0.1, 0.15) is 69.1 Å². The molecule has 1 aliphatic heterocycles. The summed E-state index contributed by atoms with van der Waals surface area (Å²) in [5, 5.41) is 3.22. The predicted molar refractivity (Wildman–Crippen MR) is 112 cm³/mol. The Morgan fingerprint density at radius 2 is 2.10 bits per heavy atom. The van der Waals surface area contributed by atoms with Crippen molar-refractivity contribution in [1.29, 1.82) is 0 Å². The smallest absolute Gasteiger partial charge is 0.436 e. The van der Waals surface area contributed by atoms with Crippen LogP contribution < -0.4 is 11.1 Å². The van der Waals surface area contributed by atoms with Crippen molar-refractivity contribution in [3.8, 4) is 0 Å². The van der Waals surface area contributed by atoms with Gasteiger partial charge in [0.25, 0.3) is 0 Å². The van der Waals surface area contributed by atoms with Gasteiger partial charge in [0, 0.05) is 29.8 Å². The summed E-state index contributed by atoms with van der Waals surface area (Å²) in [6, 6.07) is 4.46. The van der Waals surface area contributed by atoms with E-state index in [1.54, 1.807) is 33.0 Å². The number of anilines is 1. The Labute approximate surface area is 175 Å². The van der Waals surface area contributed by atoms with Gasteiger partial charge in [0.15, 0.2) is 0 Å². The number of hydrogen-bond donors (Lipinski definition) is 2. The molecule has 0 saturated heterocycles. The highest BCUT2D eigenvalue weighted by Crippen LogP contribution is 2.39. The first-order chi connectivity index (χ1) is 14.0. The first kappa shape index (κ1) is 20.3. The molecule has 0 spiro atoms. The molecule has 1 amide bonds. The second kappa shape index (κ2) is 7.04. The number of fused-ring (bicyclic) bond motifs is 1. The van der Waals surface area contributed by atoms with Gasteiger partial charge in [-0.1, -0.05) is 0 Å². The Kier molecular flexibility index (Phi) is 4.75. The highest BCUT2D eigenvalue weighted by atomic mass is 19.1. The number of halogens is 1. The summed E-state index contributed by atoms with van der Waals surface area (Å²) in [4.78, 5) is 25.7. The maximum atomic E-state index is 14.7. The lowest BCUT2D eigenvalue weighted by Crippen LogP contribution is -2.50. The Hall–Kier alpha value is -3.03. The van der Waals surface area contributed by atoms with Crippen LogP contribution in [0.4, 0.5) is 14.9 Å². The fraction of sp³-hybridized carbons (Fsp3) is 0.455. The van der Waals surface area contributed by atoms with Gasteiger partial charge in [-0.15, -0.1) is 0 Å². The molecule has 1 atom stereocenters. The molecule has 1 fully saturated rings. The Morgan fingerprint density at radius 1 is 1.37 bits per heavy atom. The van der Waals surface area contributed by atoms with Gasteiger partial charge in [0.1, 0.15) is 23.1 Å². The van der Waals surface area contributed by atoms with E-state index < -0.39 is 23.1 Å². The quantitative estimate of drug-likeness (QED) is 0.729. The third-order valence-corrected chi connectivity index (χ3v) is 5.18. The summed E-state index contributed by atoms with van der Waals surface area (Å²) in [5.74, 6) is 1.02. The molecule has 1 saturated carbocycles. The van der Waals surface area contributed by atoms with Crippen LogP contribution in [0.2, 0.25) is 0 Å². The van der Waals surface area contributed by atoms with Crippen molar-refractivity contribution in [2.45, 2.75) is 64.0 Å². The monoisotopic (exact) mass is 411 g/mol. The highest BCUT2D eigenvalue weighted by Gasteiger charge is 2.39. The molecule has 0 unspecified atom stereocenters. The van der Waals surface area contributed by atoms with Crippen LogP contribution in [0.25, 0.3) is 0 Å². The predicted octanol–water partition coefficient (Wildman–Crippen LogP) is 3.82. The number of nitrogen functional groups attached to an aromatic ring is 1. The van der Waals surface area contributed by atoms with E-state index in [-0.39, 0.29) is 5.84 Å². The van der Waals surface area contributed by atoms with Crippen molar-refractivity contribution >= 4 is 17.6 Å². The second-order valence-electron chi connectivity index (χ2n) is 9.18. The van der Waals surface area contributed by atoms with Crippen LogP contribution in [0, 0.1) is 5.82 Å². The lowest BCUT2D eigenvalue weighted by Gasteiger charge is -2.37. The molecule has 3 N–H and O–H groups in total. The number of amides is 1. The average molecular weight is 411 g/mol. The number of nitrogens with two attached hydrogens (primary N) is 1. The van der Waals surface area contributed by atoms with Gasteiger partial charge in [-0.25, -0.2) is 19.2 Å². The van der Waals surface area contributed by atoms with E-state index in [4.69, 9.17) is 15.5 Å². The molecule has 8 heteroatoms. The van der Waals surface area contributed by atoms with Gasteiger partial charge < -0.3 is 15.8 Å². The van der Waals surface area contributed by atoms with Gasteiger partial charge in [0.2, 0.25) is 0 Å². The fourth-order valence-corrected chi connectivity index (χ4v) is 3.60. The van der Waals surface area contributed by atoms with E-state index in [0.29, 0.717) is 29.2 Å². The number of nitrogens with one attached hydrogen (secondary N) is 1. The molecule has 158 valence electrons. The van der Waals surface area contributed by atoms with Crippen LogP contribution in [0.3, 0.4) is 0 Å². The number of aliphatic imine (C=N–C) groups is 1. The Balaban J connectivity index is 1.80. The molecule has 30 heavy (non-hydrogen) atoms. The molecule has 2 aromatic rings. The van der Waals surface area contributed by atoms with E-state index in [2.05, 4.69) is 15.3 Å². The number of carbonyl (C=O) groups is 1. The minimum absolute atomic E-state index is 0.261. The first-order valence-electron chi connectivity index (χ1n) is 10.1. The lowest BCUT2D eigenvalue weighted by atomic mass is 9.82. The third-order valence-electron chi connectivity index (χ3n) is 5.18. The van der Waals surface area contributed by atoms with E-state index in [1.807, 2.05) is 6.92 Å².